The summed E-state index contributed by atoms with van der Waals surface area (Å²) in [6.45, 7) is 0. The fourth-order valence-electron chi connectivity index (χ4n) is 2.01. The molecule has 0 aliphatic rings. The summed E-state index contributed by atoms with van der Waals surface area (Å²) in [6.07, 6.45) is 0. The number of carbonyl (C=O) groups excluding carboxylic acids is 2. The Balaban J connectivity index is 1.49. The molecule has 1 aromatic heterocycles. The number of hydrogen-bond acceptors (Lipinski definition) is 7. The number of ketones is 2. The molecule has 27 heavy (non-hydrogen) atoms. The molecular weight excluding hydrogens is 443 g/mol. The second-order valence-corrected chi connectivity index (χ2v) is 9.57. The topological polar surface area (TPSA) is 59.9 Å². The SMILES string of the molecule is O=C(CSc1nnc(SCC(=O)c2ccc(Cl)cc2)s1)c1ccc(Cl)cc1. The van der Waals surface area contributed by atoms with E-state index in [2.05, 4.69) is 10.2 Å². The zero-order valence-electron chi connectivity index (χ0n) is 13.7. The molecule has 0 atom stereocenters. The maximum absolute atomic E-state index is 12.2. The van der Waals surface area contributed by atoms with Crippen molar-refractivity contribution in [2.75, 3.05) is 11.5 Å². The molecule has 0 aliphatic carbocycles. The predicted octanol–water partition coefficient (Wildman–Crippen LogP) is 5.79. The lowest BCUT2D eigenvalue weighted by Gasteiger charge is -1.99. The van der Waals surface area contributed by atoms with E-state index in [0.717, 1.165) is 0 Å². The quantitative estimate of drug-likeness (QED) is 0.316. The minimum absolute atomic E-state index is 0.000939. The van der Waals surface area contributed by atoms with Crippen molar-refractivity contribution < 1.29 is 9.59 Å². The van der Waals surface area contributed by atoms with E-state index in [9.17, 15) is 9.59 Å². The maximum Gasteiger partial charge on any atom is 0.175 e. The predicted molar refractivity (Wildman–Crippen MR) is 113 cm³/mol. The fourth-order valence-corrected chi connectivity index (χ4v) is 5.07. The molecule has 0 fully saturated rings. The minimum Gasteiger partial charge on any atom is -0.293 e. The number of benzene rings is 2. The third kappa shape index (κ3) is 6.05. The third-order valence-electron chi connectivity index (χ3n) is 3.37. The molecule has 9 heteroatoms. The highest BCUT2D eigenvalue weighted by Crippen LogP contribution is 2.29. The van der Waals surface area contributed by atoms with Gasteiger partial charge in [0, 0.05) is 21.2 Å². The molecule has 0 saturated carbocycles. The van der Waals surface area contributed by atoms with Crippen LogP contribution in [-0.2, 0) is 0 Å². The van der Waals surface area contributed by atoms with Gasteiger partial charge in [0.25, 0.3) is 0 Å². The largest absolute Gasteiger partial charge is 0.293 e. The van der Waals surface area contributed by atoms with Crippen molar-refractivity contribution >= 4 is 69.6 Å². The first kappa shape index (κ1) is 20.4. The Kier molecular flexibility index (Phi) is 7.32. The molecule has 1 heterocycles. The van der Waals surface area contributed by atoms with E-state index in [0.29, 0.717) is 29.9 Å². The normalized spacial score (nSPS) is 10.7. The van der Waals surface area contributed by atoms with E-state index >= 15 is 0 Å². The number of Topliss-reactive ketones (excluding diaryl/α,β-unsaturated/α-hetero) is 2. The Morgan fingerprint density at radius 2 is 1.11 bits per heavy atom. The van der Waals surface area contributed by atoms with Crippen LogP contribution in [0.5, 0.6) is 0 Å². The summed E-state index contributed by atoms with van der Waals surface area (Å²) in [6, 6.07) is 13.6. The highest BCUT2D eigenvalue weighted by molar-refractivity contribution is 8.03. The molecule has 2 aromatic carbocycles. The lowest BCUT2D eigenvalue weighted by atomic mass is 10.1. The number of aromatic nitrogens is 2. The van der Waals surface area contributed by atoms with E-state index in [4.69, 9.17) is 23.2 Å². The molecule has 0 N–H and O–H groups in total. The van der Waals surface area contributed by atoms with Gasteiger partial charge in [-0.15, -0.1) is 10.2 Å². The third-order valence-corrected chi connectivity index (χ3v) is 7.07. The Hall–Kier alpha value is -1.38. The average Bonchev–Trinajstić information content (AvgIpc) is 3.13. The summed E-state index contributed by atoms with van der Waals surface area (Å²) in [4.78, 5) is 24.3. The zero-order chi connectivity index (χ0) is 19.2. The second kappa shape index (κ2) is 9.71. The Labute approximate surface area is 178 Å². The van der Waals surface area contributed by atoms with E-state index < -0.39 is 0 Å². The molecule has 0 amide bonds. The lowest BCUT2D eigenvalue weighted by Crippen LogP contribution is -2.01. The van der Waals surface area contributed by atoms with Crippen molar-refractivity contribution in [3.63, 3.8) is 0 Å². The van der Waals surface area contributed by atoms with Gasteiger partial charge in [0.2, 0.25) is 0 Å². The molecular formula is C18H12Cl2N2O2S3. The Bertz CT molecular complexity index is 868. The summed E-state index contributed by atoms with van der Waals surface area (Å²) in [5, 5.41) is 9.32. The van der Waals surface area contributed by atoms with Gasteiger partial charge in [0.15, 0.2) is 20.2 Å². The standard InChI is InChI=1S/C18H12Cl2N2O2S3/c19-13-5-1-11(2-6-13)15(23)9-25-17-21-22-18(27-17)26-10-16(24)12-3-7-14(20)8-4-12/h1-8H,9-10H2. The summed E-state index contributed by atoms with van der Waals surface area (Å²) in [5.74, 6) is 0.535. The smallest absolute Gasteiger partial charge is 0.175 e. The zero-order valence-corrected chi connectivity index (χ0v) is 17.7. The number of nitrogens with zero attached hydrogens (tertiary/aromatic N) is 2. The number of halogens is 2. The van der Waals surface area contributed by atoms with Crippen LogP contribution >= 0.6 is 58.1 Å². The van der Waals surface area contributed by atoms with E-state index in [1.54, 1.807) is 48.5 Å². The number of rotatable bonds is 8. The van der Waals surface area contributed by atoms with Crippen molar-refractivity contribution in [2.45, 2.75) is 8.68 Å². The summed E-state index contributed by atoms with van der Waals surface area (Å²) in [7, 11) is 0. The van der Waals surface area contributed by atoms with E-state index in [-0.39, 0.29) is 23.1 Å². The van der Waals surface area contributed by atoms with Crippen LogP contribution in [0, 0.1) is 0 Å². The average molecular weight is 455 g/mol. The van der Waals surface area contributed by atoms with Crippen molar-refractivity contribution in [3.05, 3.63) is 69.7 Å². The van der Waals surface area contributed by atoms with Crippen molar-refractivity contribution in [3.8, 4) is 0 Å². The first-order valence-corrected chi connectivity index (χ1v) is 11.2. The Morgan fingerprint density at radius 1 is 0.741 bits per heavy atom. The highest BCUT2D eigenvalue weighted by atomic mass is 35.5. The Morgan fingerprint density at radius 3 is 1.48 bits per heavy atom. The van der Waals surface area contributed by atoms with Gasteiger partial charge in [-0.2, -0.15) is 0 Å². The number of thioether (sulfide) groups is 2. The minimum atomic E-state index is -0.000939. The van der Waals surface area contributed by atoms with Crippen molar-refractivity contribution in [2.24, 2.45) is 0 Å². The van der Waals surface area contributed by atoms with Gasteiger partial charge in [-0.25, -0.2) is 0 Å². The first-order valence-electron chi connectivity index (χ1n) is 7.68. The number of carbonyl (C=O) groups is 2. The van der Waals surface area contributed by atoms with Crippen molar-refractivity contribution in [1.82, 2.24) is 10.2 Å². The van der Waals surface area contributed by atoms with Crippen LogP contribution in [0.4, 0.5) is 0 Å². The molecule has 0 radical (unpaired) electrons. The molecule has 0 spiro atoms. The molecule has 0 aliphatic heterocycles. The van der Waals surface area contributed by atoms with Gasteiger partial charge in [-0.05, 0) is 48.5 Å². The molecule has 0 bridgehead atoms. The highest BCUT2D eigenvalue weighted by Gasteiger charge is 2.12. The van der Waals surface area contributed by atoms with E-state index in [1.807, 2.05) is 0 Å². The van der Waals surface area contributed by atoms with Crippen LogP contribution < -0.4 is 0 Å². The van der Waals surface area contributed by atoms with Gasteiger partial charge in [-0.3, -0.25) is 9.59 Å². The molecule has 3 aromatic rings. The first-order chi connectivity index (χ1) is 13.0. The van der Waals surface area contributed by atoms with Crippen LogP contribution in [0.25, 0.3) is 0 Å². The second-order valence-electron chi connectivity index (χ2n) is 5.27. The maximum atomic E-state index is 12.2. The van der Waals surface area contributed by atoms with Crippen LogP contribution in [0.3, 0.4) is 0 Å². The molecule has 0 unspecified atom stereocenters. The summed E-state index contributed by atoms with van der Waals surface area (Å²) < 4.78 is 1.39. The van der Waals surface area contributed by atoms with Gasteiger partial charge in [0.1, 0.15) is 0 Å². The summed E-state index contributed by atoms with van der Waals surface area (Å²) >= 11 is 15.7. The van der Waals surface area contributed by atoms with Crippen LogP contribution in [0.2, 0.25) is 10.0 Å². The monoisotopic (exact) mass is 454 g/mol. The van der Waals surface area contributed by atoms with Gasteiger partial charge in [0.05, 0.1) is 11.5 Å². The van der Waals surface area contributed by atoms with Crippen LogP contribution in [0.1, 0.15) is 20.7 Å². The fraction of sp³-hybridized carbons (Fsp3) is 0.111. The van der Waals surface area contributed by atoms with Gasteiger partial charge in [-0.1, -0.05) is 58.1 Å². The molecule has 0 saturated heterocycles. The summed E-state index contributed by atoms with van der Waals surface area (Å²) in [5.41, 5.74) is 1.22. The lowest BCUT2D eigenvalue weighted by molar-refractivity contribution is 0.101. The van der Waals surface area contributed by atoms with Gasteiger partial charge >= 0.3 is 0 Å². The molecule has 3 rings (SSSR count). The van der Waals surface area contributed by atoms with Gasteiger partial charge < -0.3 is 0 Å². The number of hydrogen-bond donors (Lipinski definition) is 0. The molecule has 4 nitrogen and oxygen atoms in total. The molecule has 138 valence electrons. The van der Waals surface area contributed by atoms with Crippen LogP contribution in [-0.4, -0.2) is 33.3 Å². The van der Waals surface area contributed by atoms with Crippen molar-refractivity contribution in [1.29, 1.82) is 0 Å². The van der Waals surface area contributed by atoms with E-state index in [1.165, 1.54) is 34.9 Å². The van der Waals surface area contributed by atoms with Crippen LogP contribution in [0.15, 0.2) is 57.2 Å².